The van der Waals surface area contributed by atoms with E-state index in [0.29, 0.717) is 0 Å². The first-order valence-corrected chi connectivity index (χ1v) is 14.1. The van der Waals surface area contributed by atoms with Crippen molar-refractivity contribution < 1.29 is 9.14 Å². The number of aromatic amines is 1. The number of hydrazine groups is 1. The molecule has 9 heteroatoms. The summed E-state index contributed by atoms with van der Waals surface area (Å²) in [6.07, 6.45) is 6.90. The topological polar surface area (TPSA) is 53.5 Å². The lowest BCUT2D eigenvalue weighted by atomic mass is 10.1. The summed E-state index contributed by atoms with van der Waals surface area (Å²) in [6.45, 7) is 1.82. The molecule has 0 atom stereocenters. The van der Waals surface area contributed by atoms with Crippen LogP contribution >= 0.6 is 0 Å². The number of H-pyrrole nitrogens is 1. The largest absolute Gasteiger partial charge is 0.307 e. The fourth-order valence-electron chi connectivity index (χ4n) is 6.79. The Kier molecular flexibility index (Phi) is 5.14. The van der Waals surface area contributed by atoms with Gasteiger partial charge in [0.05, 0.1) is 50.2 Å². The van der Waals surface area contributed by atoms with Crippen molar-refractivity contribution in [1.82, 2.24) is 24.6 Å². The first-order chi connectivity index (χ1) is 20.0. The van der Waals surface area contributed by atoms with Crippen LogP contribution in [0, 0.1) is 0 Å². The van der Waals surface area contributed by atoms with Gasteiger partial charge in [-0.3, -0.25) is 14.5 Å². The Labute approximate surface area is 239 Å². The summed E-state index contributed by atoms with van der Waals surface area (Å²) in [6, 6.07) is 23.7. The fraction of sp³-hybridized carbons (Fsp3) is 0.219. The number of anilines is 3. The Balaban J connectivity index is 1.27. The second-order valence-corrected chi connectivity index (χ2v) is 11.1. The van der Waals surface area contributed by atoms with Gasteiger partial charge in [-0.25, -0.2) is 14.1 Å². The maximum atomic E-state index is 4.79. The minimum Gasteiger partial charge on any atom is -0.307 e. The van der Waals surface area contributed by atoms with E-state index < -0.39 is 0 Å². The maximum absolute atomic E-state index is 4.79. The zero-order valence-electron chi connectivity index (χ0n) is 23.8. The summed E-state index contributed by atoms with van der Waals surface area (Å²) in [5, 5.41) is 4.75. The van der Waals surface area contributed by atoms with Crippen molar-refractivity contribution in [3.8, 4) is 11.1 Å². The van der Waals surface area contributed by atoms with Gasteiger partial charge in [0, 0.05) is 20.3 Å². The van der Waals surface area contributed by atoms with E-state index in [0.717, 1.165) is 42.2 Å². The Hall–Kier alpha value is -4.89. The molecule has 3 aromatic heterocycles. The Morgan fingerprint density at radius 1 is 0.927 bits per heavy atom. The van der Waals surface area contributed by atoms with Crippen LogP contribution in [0.5, 0.6) is 0 Å². The SMILES string of the molecule is CN1C2=C(CC3=[N+](c4cccc(-c5cn(C)c6c5[nH]c[n+]6C)c4)CCN(C)N23)N(c2ccccn2)c2ccccc21. The monoisotopic (exact) mass is 543 g/mol. The highest BCUT2D eigenvalue weighted by atomic mass is 15.7. The molecule has 5 aromatic rings. The van der Waals surface area contributed by atoms with Gasteiger partial charge in [-0.2, -0.15) is 0 Å². The molecular formula is C32H33N9+2. The quantitative estimate of drug-likeness (QED) is 0.341. The summed E-state index contributed by atoms with van der Waals surface area (Å²) >= 11 is 0. The molecule has 0 spiro atoms. The first-order valence-electron chi connectivity index (χ1n) is 14.1. The van der Waals surface area contributed by atoms with Gasteiger partial charge >= 0.3 is 0 Å². The third-order valence-electron chi connectivity index (χ3n) is 8.63. The van der Waals surface area contributed by atoms with Gasteiger partial charge in [-0.15, -0.1) is 10.0 Å². The number of pyridine rings is 1. The summed E-state index contributed by atoms with van der Waals surface area (Å²) in [5.41, 5.74) is 9.50. The zero-order chi connectivity index (χ0) is 27.8. The number of likely N-dealkylation sites (N-methyl/N-ethyl adjacent to an activating group) is 1. The highest BCUT2D eigenvalue weighted by Crippen LogP contribution is 2.48. The highest BCUT2D eigenvalue weighted by Gasteiger charge is 2.50. The number of aromatic nitrogens is 4. The molecule has 0 saturated carbocycles. The highest BCUT2D eigenvalue weighted by molar-refractivity contribution is 5.95. The van der Waals surface area contributed by atoms with E-state index in [1.807, 2.05) is 18.6 Å². The van der Waals surface area contributed by atoms with Gasteiger partial charge in [0.1, 0.15) is 23.7 Å². The molecule has 8 rings (SSSR count). The van der Waals surface area contributed by atoms with Crippen molar-refractivity contribution in [2.75, 3.05) is 37.0 Å². The van der Waals surface area contributed by atoms with Crippen LogP contribution in [0.4, 0.5) is 22.9 Å². The Morgan fingerprint density at radius 3 is 2.59 bits per heavy atom. The number of aryl methyl sites for hydroxylation is 2. The third kappa shape index (κ3) is 3.42. The van der Waals surface area contributed by atoms with Gasteiger partial charge in [0.15, 0.2) is 11.8 Å². The molecule has 3 aliphatic rings. The average Bonchev–Trinajstić information content (AvgIpc) is 3.68. The number of nitrogens with zero attached hydrogens (tertiary/aromatic N) is 8. The van der Waals surface area contributed by atoms with E-state index in [2.05, 4.69) is 134 Å². The van der Waals surface area contributed by atoms with Crippen molar-refractivity contribution in [3.05, 3.63) is 97.0 Å². The maximum Gasteiger partial charge on any atom is 0.283 e. The smallest absolute Gasteiger partial charge is 0.283 e. The van der Waals surface area contributed by atoms with Gasteiger partial charge in [-0.1, -0.05) is 30.3 Å². The second kappa shape index (κ2) is 8.81. The lowest BCUT2D eigenvalue weighted by Gasteiger charge is -2.38. The number of hydrogen-bond acceptors (Lipinski definition) is 5. The molecule has 41 heavy (non-hydrogen) atoms. The number of imidazole rings is 1. The van der Waals surface area contributed by atoms with Crippen LogP contribution in [0.2, 0.25) is 0 Å². The molecule has 3 aliphatic heterocycles. The molecule has 0 aliphatic carbocycles. The predicted octanol–water partition coefficient (Wildman–Crippen LogP) is 4.46. The van der Waals surface area contributed by atoms with Crippen LogP contribution in [0.15, 0.2) is 97.0 Å². The minimum atomic E-state index is 0.793. The van der Waals surface area contributed by atoms with Crippen molar-refractivity contribution in [3.63, 3.8) is 0 Å². The predicted molar refractivity (Wildman–Crippen MR) is 161 cm³/mol. The molecule has 204 valence electrons. The van der Waals surface area contributed by atoms with E-state index in [-0.39, 0.29) is 0 Å². The molecule has 0 unspecified atom stereocenters. The number of amidine groups is 1. The van der Waals surface area contributed by atoms with Gasteiger partial charge in [0.25, 0.3) is 11.5 Å². The fourth-order valence-corrected chi connectivity index (χ4v) is 6.79. The van der Waals surface area contributed by atoms with E-state index in [9.17, 15) is 0 Å². The summed E-state index contributed by atoms with van der Waals surface area (Å²) in [4.78, 5) is 12.9. The molecule has 9 nitrogen and oxygen atoms in total. The van der Waals surface area contributed by atoms with Crippen LogP contribution in [0.25, 0.3) is 22.3 Å². The van der Waals surface area contributed by atoms with Gasteiger partial charge in [0.2, 0.25) is 5.82 Å². The number of benzene rings is 2. The summed E-state index contributed by atoms with van der Waals surface area (Å²) in [5.74, 6) is 3.37. The van der Waals surface area contributed by atoms with Crippen LogP contribution < -0.4 is 14.4 Å². The third-order valence-corrected chi connectivity index (χ3v) is 8.63. The second-order valence-electron chi connectivity index (χ2n) is 11.1. The summed E-state index contributed by atoms with van der Waals surface area (Å²) in [7, 11) is 8.55. The van der Waals surface area contributed by atoms with Crippen molar-refractivity contribution in [1.29, 1.82) is 0 Å². The van der Waals surface area contributed by atoms with Crippen molar-refractivity contribution >= 4 is 39.9 Å². The zero-order valence-corrected chi connectivity index (χ0v) is 23.8. The molecule has 0 radical (unpaired) electrons. The normalized spacial score (nSPS) is 17.0. The summed E-state index contributed by atoms with van der Waals surface area (Å²) < 4.78 is 6.81. The molecule has 6 heterocycles. The van der Waals surface area contributed by atoms with E-state index in [1.165, 1.54) is 39.8 Å². The van der Waals surface area contributed by atoms with Crippen LogP contribution in [0.3, 0.4) is 0 Å². The van der Waals surface area contributed by atoms with Crippen LogP contribution in [0.1, 0.15) is 6.42 Å². The molecule has 0 amide bonds. The molecule has 1 N–H and O–H groups in total. The molecule has 0 fully saturated rings. The van der Waals surface area contributed by atoms with Crippen LogP contribution in [-0.2, 0) is 14.1 Å². The van der Waals surface area contributed by atoms with Crippen LogP contribution in [-0.4, -0.2) is 62.1 Å². The molecule has 2 aromatic carbocycles. The Morgan fingerprint density at radius 2 is 1.76 bits per heavy atom. The molecular weight excluding hydrogens is 510 g/mol. The van der Waals surface area contributed by atoms with E-state index >= 15 is 0 Å². The average molecular weight is 544 g/mol. The lowest BCUT2D eigenvalue weighted by molar-refractivity contribution is -0.647. The first kappa shape index (κ1) is 24.0. The van der Waals surface area contributed by atoms with Gasteiger partial charge in [-0.05, 0) is 42.0 Å². The van der Waals surface area contributed by atoms with E-state index in [1.54, 1.807) is 0 Å². The number of hydrogen-bond donors (Lipinski definition) is 1. The van der Waals surface area contributed by atoms with Gasteiger partial charge < -0.3 is 4.90 Å². The lowest BCUT2D eigenvalue weighted by Crippen LogP contribution is -2.53. The van der Waals surface area contributed by atoms with Crippen molar-refractivity contribution in [2.24, 2.45) is 14.1 Å². The number of para-hydroxylation sites is 2. The number of fused-ring (bicyclic) bond motifs is 4. The Bertz CT molecular complexity index is 1890. The number of nitrogens with one attached hydrogen (secondary N) is 1. The van der Waals surface area contributed by atoms with Crippen molar-refractivity contribution in [2.45, 2.75) is 6.42 Å². The molecule has 0 bridgehead atoms. The standard InChI is InChI=1S/C32H32N9/c1-35-20-24(30-32(35)36(2)21-34-30)22-10-9-11-23(18-22)39-17-16-37(3)41-29(39)19-27-31(41)38(4)25-12-5-6-13-26(25)40(27)28-14-7-8-15-33-28/h5-15,18,20-21H,16-17,19H2,1-4H3/q+1/p+1. The minimum absolute atomic E-state index is 0.793. The molecule has 0 saturated heterocycles. The number of rotatable bonds is 3. The van der Waals surface area contributed by atoms with E-state index in [4.69, 9.17) is 4.98 Å².